The van der Waals surface area contributed by atoms with Gasteiger partial charge in [0, 0.05) is 17.7 Å². The molecule has 6 heteroatoms. The predicted octanol–water partition coefficient (Wildman–Crippen LogP) is 3.28. The lowest BCUT2D eigenvalue weighted by atomic mass is 10.2. The van der Waals surface area contributed by atoms with Gasteiger partial charge in [-0.2, -0.15) is 0 Å². The van der Waals surface area contributed by atoms with Crippen LogP contribution in [0.15, 0.2) is 53.7 Å². The first-order chi connectivity index (χ1) is 9.65. The summed E-state index contributed by atoms with van der Waals surface area (Å²) >= 11 is 0. The van der Waals surface area contributed by atoms with E-state index in [1.165, 1.54) is 30.5 Å². The molecule has 0 amide bonds. The second kappa shape index (κ2) is 6.42. The van der Waals surface area contributed by atoms with Crippen molar-refractivity contribution in [2.45, 2.75) is 6.61 Å². The molecule has 0 N–H and O–H groups in total. The van der Waals surface area contributed by atoms with E-state index in [4.69, 9.17) is 4.84 Å². The Kier molecular flexibility index (Phi) is 4.39. The Morgan fingerprint density at radius 1 is 1.25 bits per heavy atom. The van der Waals surface area contributed by atoms with Crippen molar-refractivity contribution in [1.82, 2.24) is 0 Å². The molecule has 0 saturated carbocycles. The van der Waals surface area contributed by atoms with Gasteiger partial charge in [0.2, 0.25) is 0 Å². The molecule has 102 valence electrons. The maximum atomic E-state index is 12.7. The third-order valence-corrected chi connectivity index (χ3v) is 2.50. The lowest BCUT2D eigenvalue weighted by molar-refractivity contribution is -0.384. The van der Waals surface area contributed by atoms with Crippen LogP contribution in [0.3, 0.4) is 0 Å². The van der Waals surface area contributed by atoms with Gasteiger partial charge in [-0.05, 0) is 17.7 Å². The van der Waals surface area contributed by atoms with Crippen molar-refractivity contribution < 1.29 is 14.2 Å². The third kappa shape index (κ3) is 3.88. The van der Waals surface area contributed by atoms with Crippen LogP contribution >= 0.6 is 0 Å². The second-order valence-corrected chi connectivity index (χ2v) is 3.99. The monoisotopic (exact) mass is 274 g/mol. The van der Waals surface area contributed by atoms with Gasteiger partial charge in [0.05, 0.1) is 11.1 Å². The number of nitrogens with zero attached hydrogens (tertiary/aromatic N) is 2. The quantitative estimate of drug-likeness (QED) is 0.477. The van der Waals surface area contributed by atoms with Gasteiger partial charge in [-0.1, -0.05) is 29.4 Å². The highest BCUT2D eigenvalue weighted by Crippen LogP contribution is 2.11. The van der Waals surface area contributed by atoms with E-state index in [0.717, 1.165) is 5.56 Å². The van der Waals surface area contributed by atoms with Crippen LogP contribution in [0.25, 0.3) is 0 Å². The van der Waals surface area contributed by atoms with E-state index in [-0.39, 0.29) is 18.1 Å². The van der Waals surface area contributed by atoms with Gasteiger partial charge < -0.3 is 4.84 Å². The van der Waals surface area contributed by atoms with E-state index in [1.54, 1.807) is 24.3 Å². The van der Waals surface area contributed by atoms with Crippen LogP contribution in [0.2, 0.25) is 0 Å². The number of non-ortho nitro benzene ring substituents is 1. The molecule has 0 unspecified atom stereocenters. The Labute approximate surface area is 114 Å². The van der Waals surface area contributed by atoms with Crippen molar-refractivity contribution in [1.29, 1.82) is 0 Å². The Morgan fingerprint density at radius 3 is 2.70 bits per heavy atom. The number of hydrogen-bond acceptors (Lipinski definition) is 4. The van der Waals surface area contributed by atoms with Gasteiger partial charge in [-0.3, -0.25) is 10.1 Å². The summed E-state index contributed by atoms with van der Waals surface area (Å²) in [6.45, 7) is 0.200. The Balaban J connectivity index is 1.91. The normalized spacial score (nSPS) is 10.7. The molecule has 0 aliphatic rings. The third-order valence-electron chi connectivity index (χ3n) is 2.50. The molecule has 0 heterocycles. The van der Waals surface area contributed by atoms with Crippen molar-refractivity contribution in [2.24, 2.45) is 5.16 Å². The maximum absolute atomic E-state index is 12.7. The summed E-state index contributed by atoms with van der Waals surface area (Å²) < 4.78 is 12.7. The van der Waals surface area contributed by atoms with Gasteiger partial charge >= 0.3 is 0 Å². The molecule has 0 spiro atoms. The van der Waals surface area contributed by atoms with E-state index in [2.05, 4.69) is 5.16 Å². The smallest absolute Gasteiger partial charge is 0.270 e. The SMILES string of the molecule is O=[N+]([O-])c1cccc(/C=N/OCc2ccc(F)cc2)c1. The van der Waals surface area contributed by atoms with Crippen molar-refractivity contribution in [3.63, 3.8) is 0 Å². The maximum Gasteiger partial charge on any atom is 0.270 e. The van der Waals surface area contributed by atoms with Crippen LogP contribution in [0, 0.1) is 15.9 Å². The molecule has 0 saturated heterocycles. The van der Waals surface area contributed by atoms with Crippen LogP contribution in [-0.4, -0.2) is 11.1 Å². The van der Waals surface area contributed by atoms with Crippen molar-refractivity contribution in [3.8, 4) is 0 Å². The Hall–Kier alpha value is -2.76. The zero-order chi connectivity index (χ0) is 14.4. The van der Waals surface area contributed by atoms with Gasteiger partial charge in [0.25, 0.3) is 5.69 Å². The highest BCUT2D eigenvalue weighted by atomic mass is 19.1. The van der Waals surface area contributed by atoms with Gasteiger partial charge in [0.1, 0.15) is 12.4 Å². The summed E-state index contributed by atoms with van der Waals surface area (Å²) in [6.07, 6.45) is 1.39. The number of benzene rings is 2. The number of halogens is 1. The fourth-order valence-electron chi connectivity index (χ4n) is 1.51. The highest BCUT2D eigenvalue weighted by molar-refractivity contribution is 5.80. The van der Waals surface area contributed by atoms with Crippen LogP contribution in [0.5, 0.6) is 0 Å². The molecule has 2 aromatic rings. The molecule has 0 aliphatic carbocycles. The summed E-state index contributed by atoms with van der Waals surface area (Å²) in [4.78, 5) is 15.2. The Morgan fingerprint density at radius 2 is 2.00 bits per heavy atom. The summed E-state index contributed by atoms with van der Waals surface area (Å²) in [5.41, 5.74) is 1.34. The molecule has 0 fully saturated rings. The van der Waals surface area contributed by atoms with Crippen LogP contribution < -0.4 is 0 Å². The predicted molar refractivity (Wildman–Crippen MR) is 71.9 cm³/mol. The average Bonchev–Trinajstić information content (AvgIpc) is 2.46. The fourth-order valence-corrected chi connectivity index (χ4v) is 1.51. The first-order valence-electron chi connectivity index (χ1n) is 5.79. The van der Waals surface area contributed by atoms with Crippen LogP contribution in [0.1, 0.15) is 11.1 Å². The molecule has 0 aromatic heterocycles. The van der Waals surface area contributed by atoms with Gasteiger partial charge in [0.15, 0.2) is 0 Å². The summed E-state index contributed by atoms with van der Waals surface area (Å²) in [5.74, 6) is -0.311. The topological polar surface area (TPSA) is 64.7 Å². The zero-order valence-electron chi connectivity index (χ0n) is 10.4. The number of nitro groups is 1. The first-order valence-corrected chi connectivity index (χ1v) is 5.79. The molecule has 2 rings (SSSR count). The molecule has 2 aromatic carbocycles. The standard InChI is InChI=1S/C14H11FN2O3/c15-13-6-4-11(5-7-13)10-20-16-9-12-2-1-3-14(8-12)17(18)19/h1-9H,10H2/b16-9+. The molecular formula is C14H11FN2O3. The number of rotatable bonds is 5. The first kappa shape index (κ1) is 13.7. The Bertz CT molecular complexity index is 627. The molecule has 0 aliphatic heterocycles. The number of nitro benzene ring substituents is 1. The zero-order valence-corrected chi connectivity index (χ0v) is 10.4. The molecule has 0 atom stereocenters. The average molecular weight is 274 g/mol. The van der Waals surface area contributed by atoms with E-state index in [1.807, 2.05) is 0 Å². The second-order valence-electron chi connectivity index (χ2n) is 3.99. The van der Waals surface area contributed by atoms with E-state index in [9.17, 15) is 14.5 Å². The lowest BCUT2D eigenvalue weighted by Gasteiger charge is -1.99. The molecule has 5 nitrogen and oxygen atoms in total. The van der Waals surface area contributed by atoms with Crippen molar-refractivity contribution >= 4 is 11.9 Å². The van der Waals surface area contributed by atoms with Crippen molar-refractivity contribution in [2.75, 3.05) is 0 Å². The minimum Gasteiger partial charge on any atom is -0.391 e. The minimum atomic E-state index is -0.475. The molecule has 20 heavy (non-hydrogen) atoms. The molecule has 0 bridgehead atoms. The number of oxime groups is 1. The van der Waals surface area contributed by atoms with E-state index >= 15 is 0 Å². The van der Waals surface area contributed by atoms with Crippen LogP contribution in [-0.2, 0) is 11.4 Å². The molecule has 0 radical (unpaired) electrons. The summed E-state index contributed by atoms with van der Waals surface area (Å²) in [5, 5.41) is 14.3. The summed E-state index contributed by atoms with van der Waals surface area (Å²) in [6, 6.07) is 11.9. The van der Waals surface area contributed by atoms with E-state index in [0.29, 0.717) is 5.56 Å². The van der Waals surface area contributed by atoms with Crippen molar-refractivity contribution in [3.05, 3.63) is 75.6 Å². The molecular weight excluding hydrogens is 263 g/mol. The fraction of sp³-hybridized carbons (Fsp3) is 0.0714. The van der Waals surface area contributed by atoms with Gasteiger partial charge in [-0.25, -0.2) is 4.39 Å². The largest absolute Gasteiger partial charge is 0.391 e. The van der Waals surface area contributed by atoms with E-state index < -0.39 is 4.92 Å². The minimum absolute atomic E-state index is 0.00696. The number of hydrogen-bond donors (Lipinski definition) is 0. The highest BCUT2D eigenvalue weighted by Gasteiger charge is 2.03. The van der Waals surface area contributed by atoms with Gasteiger partial charge in [-0.15, -0.1) is 0 Å². The van der Waals surface area contributed by atoms with Crippen LogP contribution in [0.4, 0.5) is 10.1 Å². The lowest BCUT2D eigenvalue weighted by Crippen LogP contribution is -1.91. The summed E-state index contributed by atoms with van der Waals surface area (Å²) in [7, 11) is 0.